The summed E-state index contributed by atoms with van der Waals surface area (Å²) in [6.45, 7) is 1.81. The zero-order valence-electron chi connectivity index (χ0n) is 16.2. The lowest BCUT2D eigenvalue weighted by Crippen LogP contribution is -2.62. The highest BCUT2D eigenvalue weighted by atomic mass is 16.5. The number of carbonyl (C=O) groups excluding carboxylic acids is 3. The molecule has 3 rings (SSSR count). The van der Waals surface area contributed by atoms with E-state index in [2.05, 4.69) is 16.0 Å². The summed E-state index contributed by atoms with van der Waals surface area (Å²) in [7, 11) is 3.24. The van der Waals surface area contributed by atoms with Crippen LogP contribution in [0.3, 0.4) is 0 Å². The first-order valence-electron chi connectivity index (χ1n) is 9.31. The lowest BCUT2D eigenvalue weighted by atomic mass is 10.1. The second kappa shape index (κ2) is 8.57. The molecular formula is C19H26N4O5. The molecule has 2 aliphatic rings. The van der Waals surface area contributed by atoms with Gasteiger partial charge in [-0.15, -0.1) is 0 Å². The van der Waals surface area contributed by atoms with Crippen LogP contribution in [0.15, 0.2) is 24.3 Å². The fourth-order valence-electron chi connectivity index (χ4n) is 3.39. The van der Waals surface area contributed by atoms with E-state index in [0.717, 1.165) is 0 Å². The van der Waals surface area contributed by atoms with Gasteiger partial charge in [0.15, 0.2) is 0 Å². The minimum Gasteiger partial charge on any atom is -0.497 e. The molecule has 9 nitrogen and oxygen atoms in total. The molecule has 0 spiro atoms. The predicted molar refractivity (Wildman–Crippen MR) is 102 cm³/mol. The van der Waals surface area contributed by atoms with Crippen LogP contribution in [0.4, 0.5) is 5.69 Å². The Morgan fingerprint density at radius 3 is 2.61 bits per heavy atom. The molecule has 2 fully saturated rings. The van der Waals surface area contributed by atoms with Crippen LogP contribution < -0.4 is 20.7 Å². The average Bonchev–Trinajstić information content (AvgIpc) is 3.15. The number of hydrogen-bond acceptors (Lipinski definition) is 6. The Morgan fingerprint density at radius 1 is 1.25 bits per heavy atom. The Morgan fingerprint density at radius 2 is 1.96 bits per heavy atom. The first kappa shape index (κ1) is 20.1. The van der Waals surface area contributed by atoms with Gasteiger partial charge in [0.25, 0.3) is 0 Å². The molecule has 3 N–H and O–H groups in total. The van der Waals surface area contributed by atoms with Gasteiger partial charge in [-0.3, -0.25) is 14.4 Å². The standard InChI is InChI=1S/C19H26N4O5/c1-11(20-2)17(24)22-14-10-28-16-9-8-15(23(16)19(14)26)18(25)21-12-4-6-13(27-3)7-5-12/h4-7,11,14-16,20H,8-10H2,1-3H3,(H,21,25)(H,22,24)/t11-,14?,15?,16-/m0/s1. The van der Waals surface area contributed by atoms with Crippen LogP contribution in [0.5, 0.6) is 5.75 Å². The third-order valence-corrected chi connectivity index (χ3v) is 5.14. The third kappa shape index (κ3) is 4.10. The first-order valence-corrected chi connectivity index (χ1v) is 9.31. The molecule has 2 heterocycles. The van der Waals surface area contributed by atoms with Crippen molar-refractivity contribution >= 4 is 23.4 Å². The second-order valence-corrected chi connectivity index (χ2v) is 6.92. The maximum Gasteiger partial charge on any atom is 0.250 e. The van der Waals surface area contributed by atoms with Crippen LogP contribution in [0, 0.1) is 0 Å². The SMILES string of the molecule is CN[C@@H](C)C(=O)NC1CO[C@H]2CCC(C(=O)Nc3ccc(OC)cc3)N2C1=O. The van der Waals surface area contributed by atoms with Crippen molar-refractivity contribution in [3.05, 3.63) is 24.3 Å². The highest BCUT2D eigenvalue weighted by Gasteiger charge is 2.47. The topological polar surface area (TPSA) is 109 Å². The van der Waals surface area contributed by atoms with Gasteiger partial charge < -0.3 is 30.3 Å². The molecule has 0 aliphatic carbocycles. The summed E-state index contributed by atoms with van der Waals surface area (Å²) in [6.07, 6.45) is 0.653. The number of hydrogen-bond donors (Lipinski definition) is 3. The summed E-state index contributed by atoms with van der Waals surface area (Å²) in [5.41, 5.74) is 0.618. The monoisotopic (exact) mass is 390 g/mol. The predicted octanol–water partition coefficient (Wildman–Crippen LogP) is 0.0737. The van der Waals surface area contributed by atoms with Crippen molar-refractivity contribution in [2.45, 2.75) is 44.1 Å². The van der Waals surface area contributed by atoms with E-state index in [0.29, 0.717) is 24.3 Å². The number of anilines is 1. The van der Waals surface area contributed by atoms with Gasteiger partial charge in [0.1, 0.15) is 24.1 Å². The lowest BCUT2D eigenvalue weighted by molar-refractivity contribution is -0.166. The van der Waals surface area contributed by atoms with Crippen molar-refractivity contribution in [1.29, 1.82) is 0 Å². The van der Waals surface area contributed by atoms with Gasteiger partial charge in [-0.25, -0.2) is 0 Å². The smallest absolute Gasteiger partial charge is 0.250 e. The molecule has 0 radical (unpaired) electrons. The number of amides is 3. The molecule has 28 heavy (non-hydrogen) atoms. The third-order valence-electron chi connectivity index (χ3n) is 5.14. The number of carbonyl (C=O) groups is 3. The highest BCUT2D eigenvalue weighted by Crippen LogP contribution is 2.30. The maximum absolute atomic E-state index is 12.9. The van der Waals surface area contributed by atoms with Crippen LogP contribution in [0.25, 0.3) is 0 Å². The zero-order chi connectivity index (χ0) is 20.3. The van der Waals surface area contributed by atoms with Gasteiger partial charge in [-0.2, -0.15) is 0 Å². The summed E-state index contributed by atoms with van der Waals surface area (Å²) in [6, 6.07) is 5.10. The number of likely N-dealkylation sites (N-methyl/N-ethyl adjacent to an activating group) is 1. The molecule has 152 valence electrons. The number of nitrogens with zero attached hydrogens (tertiary/aromatic N) is 1. The maximum atomic E-state index is 12.9. The Labute approximate surface area is 163 Å². The largest absolute Gasteiger partial charge is 0.497 e. The minimum absolute atomic E-state index is 0.106. The van der Waals surface area contributed by atoms with E-state index in [1.54, 1.807) is 45.3 Å². The minimum atomic E-state index is -0.797. The Kier molecular flexibility index (Phi) is 6.15. The molecule has 0 aromatic heterocycles. The van der Waals surface area contributed by atoms with Gasteiger partial charge in [0, 0.05) is 5.69 Å². The molecule has 0 saturated carbocycles. The molecule has 2 aliphatic heterocycles. The molecular weight excluding hydrogens is 364 g/mol. The van der Waals surface area contributed by atoms with Gasteiger partial charge in [0.05, 0.1) is 19.8 Å². The number of nitrogens with one attached hydrogen (secondary N) is 3. The van der Waals surface area contributed by atoms with Crippen molar-refractivity contribution < 1.29 is 23.9 Å². The van der Waals surface area contributed by atoms with Gasteiger partial charge in [-0.1, -0.05) is 0 Å². The summed E-state index contributed by atoms with van der Waals surface area (Å²) >= 11 is 0. The van der Waals surface area contributed by atoms with Crippen molar-refractivity contribution in [2.75, 3.05) is 26.1 Å². The average molecular weight is 390 g/mol. The summed E-state index contributed by atoms with van der Waals surface area (Å²) in [5, 5.41) is 8.35. The Hall–Kier alpha value is -2.65. The van der Waals surface area contributed by atoms with E-state index in [1.165, 1.54) is 4.90 Å². The van der Waals surface area contributed by atoms with Gasteiger partial charge in [-0.05, 0) is 51.1 Å². The van der Waals surface area contributed by atoms with Crippen LogP contribution in [0.2, 0.25) is 0 Å². The number of benzene rings is 1. The Bertz CT molecular complexity index is 738. The van der Waals surface area contributed by atoms with E-state index in [1.807, 2.05) is 0 Å². The van der Waals surface area contributed by atoms with Crippen molar-refractivity contribution in [3.8, 4) is 5.75 Å². The highest BCUT2D eigenvalue weighted by molar-refractivity contribution is 5.99. The van der Waals surface area contributed by atoms with Crippen molar-refractivity contribution in [2.24, 2.45) is 0 Å². The number of methoxy groups -OCH3 is 1. The van der Waals surface area contributed by atoms with E-state index in [9.17, 15) is 14.4 Å². The van der Waals surface area contributed by atoms with Crippen molar-refractivity contribution in [3.63, 3.8) is 0 Å². The summed E-state index contributed by atoms with van der Waals surface area (Å²) in [4.78, 5) is 39.2. The second-order valence-electron chi connectivity index (χ2n) is 6.92. The molecule has 4 atom stereocenters. The lowest BCUT2D eigenvalue weighted by Gasteiger charge is -2.37. The molecule has 2 saturated heterocycles. The quantitative estimate of drug-likeness (QED) is 0.635. The molecule has 0 bridgehead atoms. The summed E-state index contributed by atoms with van der Waals surface area (Å²) in [5.74, 6) is -0.172. The molecule has 2 unspecified atom stereocenters. The molecule has 3 amide bonds. The summed E-state index contributed by atoms with van der Waals surface area (Å²) < 4.78 is 10.8. The fraction of sp³-hybridized carbons (Fsp3) is 0.526. The number of rotatable bonds is 6. The normalized spacial score (nSPS) is 25.0. The van der Waals surface area contributed by atoms with Crippen LogP contribution in [-0.4, -0.2) is 67.7 Å². The van der Waals surface area contributed by atoms with Crippen LogP contribution in [-0.2, 0) is 19.1 Å². The number of fused-ring (bicyclic) bond motifs is 1. The Balaban J connectivity index is 1.66. The van der Waals surface area contributed by atoms with Crippen molar-refractivity contribution in [1.82, 2.24) is 15.5 Å². The molecule has 1 aromatic carbocycles. The van der Waals surface area contributed by atoms with E-state index in [-0.39, 0.29) is 24.3 Å². The van der Waals surface area contributed by atoms with E-state index >= 15 is 0 Å². The van der Waals surface area contributed by atoms with Crippen LogP contribution in [0.1, 0.15) is 19.8 Å². The fourth-order valence-corrected chi connectivity index (χ4v) is 3.39. The number of ether oxygens (including phenoxy) is 2. The van der Waals surface area contributed by atoms with Gasteiger partial charge in [0.2, 0.25) is 17.7 Å². The first-order chi connectivity index (χ1) is 13.4. The van der Waals surface area contributed by atoms with Crippen LogP contribution >= 0.6 is 0 Å². The van der Waals surface area contributed by atoms with E-state index in [4.69, 9.17) is 9.47 Å². The van der Waals surface area contributed by atoms with E-state index < -0.39 is 24.4 Å². The molecule has 9 heteroatoms. The molecule has 1 aromatic rings. The zero-order valence-corrected chi connectivity index (χ0v) is 16.2. The van der Waals surface area contributed by atoms with Gasteiger partial charge >= 0.3 is 0 Å².